The van der Waals surface area contributed by atoms with E-state index in [0.717, 1.165) is 5.56 Å². The summed E-state index contributed by atoms with van der Waals surface area (Å²) in [4.78, 5) is 11.8. The summed E-state index contributed by atoms with van der Waals surface area (Å²) in [6.45, 7) is 5.74. The minimum Gasteiger partial charge on any atom is -0.356 e. The number of nitrogens with zero attached hydrogens (tertiary/aromatic N) is 1. The van der Waals surface area contributed by atoms with E-state index in [0.29, 0.717) is 11.5 Å². The summed E-state index contributed by atoms with van der Waals surface area (Å²) >= 11 is 0. The fourth-order valence-corrected chi connectivity index (χ4v) is 1.77. The van der Waals surface area contributed by atoms with Crippen LogP contribution in [0.2, 0.25) is 0 Å². The highest BCUT2D eigenvalue weighted by Crippen LogP contribution is 2.20. The quantitative estimate of drug-likeness (QED) is 0.937. The van der Waals surface area contributed by atoms with Crippen molar-refractivity contribution >= 4 is 5.91 Å². The molecular formula is C15H17FN2O2. The van der Waals surface area contributed by atoms with Crippen LogP contribution in [0.4, 0.5) is 4.39 Å². The molecule has 0 atom stereocenters. The molecule has 1 heterocycles. The van der Waals surface area contributed by atoms with Crippen molar-refractivity contribution in [1.82, 2.24) is 10.5 Å². The molecule has 2 aromatic rings. The standard InChI is InChI=1S/C15H17FN2O2/c1-15(2,3)17-14(19)9-12-8-13(20-18-12)10-4-6-11(16)7-5-10/h4-8H,9H2,1-3H3,(H,17,19). The number of carbonyl (C=O) groups excluding carboxylic acids is 1. The highest BCUT2D eigenvalue weighted by molar-refractivity contribution is 5.79. The fourth-order valence-electron chi connectivity index (χ4n) is 1.77. The van der Waals surface area contributed by atoms with Crippen molar-refractivity contribution < 1.29 is 13.7 Å². The van der Waals surface area contributed by atoms with Gasteiger partial charge in [0.05, 0.1) is 12.1 Å². The lowest BCUT2D eigenvalue weighted by molar-refractivity contribution is -0.121. The van der Waals surface area contributed by atoms with Crippen molar-refractivity contribution in [3.63, 3.8) is 0 Å². The van der Waals surface area contributed by atoms with Gasteiger partial charge in [-0.25, -0.2) is 4.39 Å². The Kier molecular flexibility index (Phi) is 3.88. The van der Waals surface area contributed by atoms with Gasteiger partial charge in [0.2, 0.25) is 5.91 Å². The fraction of sp³-hybridized carbons (Fsp3) is 0.333. The van der Waals surface area contributed by atoms with Gasteiger partial charge in [-0.05, 0) is 45.0 Å². The number of amides is 1. The Balaban J connectivity index is 2.06. The normalized spacial score (nSPS) is 11.4. The Morgan fingerprint density at radius 1 is 1.30 bits per heavy atom. The zero-order valence-electron chi connectivity index (χ0n) is 11.7. The van der Waals surface area contributed by atoms with Crippen molar-refractivity contribution in [2.24, 2.45) is 0 Å². The van der Waals surface area contributed by atoms with Crippen LogP contribution in [0, 0.1) is 5.82 Å². The van der Waals surface area contributed by atoms with Gasteiger partial charge >= 0.3 is 0 Å². The van der Waals surface area contributed by atoms with Gasteiger partial charge in [0, 0.05) is 17.2 Å². The van der Waals surface area contributed by atoms with Crippen LogP contribution in [0.25, 0.3) is 11.3 Å². The van der Waals surface area contributed by atoms with E-state index < -0.39 is 0 Å². The zero-order chi connectivity index (χ0) is 14.8. The minimum atomic E-state index is -0.307. The summed E-state index contributed by atoms with van der Waals surface area (Å²) in [6.07, 6.45) is 0.155. The first-order valence-corrected chi connectivity index (χ1v) is 6.36. The van der Waals surface area contributed by atoms with Crippen molar-refractivity contribution in [3.8, 4) is 11.3 Å². The number of halogens is 1. The van der Waals surface area contributed by atoms with Crippen molar-refractivity contribution in [3.05, 3.63) is 41.8 Å². The van der Waals surface area contributed by atoms with Gasteiger partial charge in [0.15, 0.2) is 5.76 Å². The Morgan fingerprint density at radius 2 is 1.95 bits per heavy atom. The molecule has 0 unspecified atom stereocenters. The Morgan fingerprint density at radius 3 is 2.55 bits per heavy atom. The first-order chi connectivity index (χ1) is 9.33. The number of aromatic nitrogens is 1. The second-order valence-electron chi connectivity index (χ2n) is 5.66. The Hall–Kier alpha value is -2.17. The predicted molar refractivity (Wildman–Crippen MR) is 73.5 cm³/mol. The molecule has 1 N–H and O–H groups in total. The van der Waals surface area contributed by atoms with Crippen LogP contribution < -0.4 is 5.32 Å². The molecule has 1 aromatic heterocycles. The molecule has 4 nitrogen and oxygen atoms in total. The lowest BCUT2D eigenvalue weighted by Gasteiger charge is -2.19. The number of nitrogens with one attached hydrogen (secondary N) is 1. The SMILES string of the molecule is CC(C)(C)NC(=O)Cc1cc(-c2ccc(F)cc2)on1. The van der Waals surface area contributed by atoms with Crippen LogP contribution in [0.5, 0.6) is 0 Å². The minimum absolute atomic E-state index is 0.114. The monoisotopic (exact) mass is 276 g/mol. The zero-order valence-corrected chi connectivity index (χ0v) is 11.7. The van der Waals surface area contributed by atoms with E-state index in [4.69, 9.17) is 4.52 Å². The number of hydrogen-bond acceptors (Lipinski definition) is 3. The third-order valence-corrected chi connectivity index (χ3v) is 2.54. The Labute approximate surface area is 117 Å². The maximum Gasteiger partial charge on any atom is 0.226 e. The lowest BCUT2D eigenvalue weighted by Crippen LogP contribution is -2.41. The molecule has 106 valence electrons. The number of carbonyl (C=O) groups is 1. The van der Waals surface area contributed by atoms with Gasteiger partial charge in [0.1, 0.15) is 5.82 Å². The average molecular weight is 276 g/mol. The van der Waals surface area contributed by atoms with Crippen molar-refractivity contribution in [2.45, 2.75) is 32.7 Å². The second kappa shape index (κ2) is 5.45. The molecule has 0 spiro atoms. The van der Waals surface area contributed by atoms with Gasteiger partial charge in [-0.2, -0.15) is 0 Å². The van der Waals surface area contributed by atoms with Gasteiger partial charge in [-0.15, -0.1) is 0 Å². The van der Waals surface area contributed by atoms with E-state index in [-0.39, 0.29) is 23.7 Å². The van der Waals surface area contributed by atoms with E-state index in [1.54, 1.807) is 18.2 Å². The highest BCUT2D eigenvalue weighted by atomic mass is 19.1. The van der Waals surface area contributed by atoms with Crippen LogP contribution >= 0.6 is 0 Å². The molecule has 0 radical (unpaired) electrons. The van der Waals surface area contributed by atoms with Gasteiger partial charge in [-0.1, -0.05) is 5.16 Å². The molecule has 1 aromatic carbocycles. The summed E-state index contributed by atoms with van der Waals surface area (Å²) in [7, 11) is 0. The van der Waals surface area contributed by atoms with Gasteiger partial charge in [-0.3, -0.25) is 4.79 Å². The van der Waals surface area contributed by atoms with Crippen LogP contribution in [0.3, 0.4) is 0 Å². The summed E-state index contributed by atoms with van der Waals surface area (Å²) in [5.41, 5.74) is 0.994. The van der Waals surface area contributed by atoms with Crippen LogP contribution in [0.1, 0.15) is 26.5 Å². The number of benzene rings is 1. The molecular weight excluding hydrogens is 259 g/mol. The molecule has 5 heteroatoms. The third kappa shape index (κ3) is 3.91. The molecule has 0 aliphatic heterocycles. The highest BCUT2D eigenvalue weighted by Gasteiger charge is 2.16. The number of rotatable bonds is 3. The molecule has 1 amide bonds. The molecule has 0 bridgehead atoms. The maximum atomic E-state index is 12.8. The average Bonchev–Trinajstić information content (AvgIpc) is 2.75. The molecule has 20 heavy (non-hydrogen) atoms. The van der Waals surface area contributed by atoms with Crippen LogP contribution in [0.15, 0.2) is 34.9 Å². The summed E-state index contributed by atoms with van der Waals surface area (Å²) in [6, 6.07) is 7.60. The predicted octanol–water partition coefficient (Wildman–Crippen LogP) is 2.94. The summed E-state index contributed by atoms with van der Waals surface area (Å²) < 4.78 is 18.0. The lowest BCUT2D eigenvalue weighted by atomic mass is 10.1. The largest absolute Gasteiger partial charge is 0.356 e. The molecule has 2 rings (SSSR count). The Bertz CT molecular complexity index is 597. The van der Waals surface area contributed by atoms with E-state index in [9.17, 15) is 9.18 Å². The van der Waals surface area contributed by atoms with Crippen molar-refractivity contribution in [1.29, 1.82) is 0 Å². The first-order valence-electron chi connectivity index (χ1n) is 6.36. The van der Waals surface area contributed by atoms with E-state index in [1.807, 2.05) is 20.8 Å². The summed E-state index contributed by atoms with van der Waals surface area (Å²) in [5.74, 6) is 0.0954. The van der Waals surface area contributed by atoms with Gasteiger partial charge in [0.25, 0.3) is 0 Å². The summed E-state index contributed by atoms with van der Waals surface area (Å²) in [5, 5.41) is 6.71. The smallest absolute Gasteiger partial charge is 0.226 e. The van der Waals surface area contributed by atoms with Crippen LogP contribution in [-0.4, -0.2) is 16.6 Å². The molecule has 0 saturated carbocycles. The van der Waals surface area contributed by atoms with Crippen molar-refractivity contribution in [2.75, 3.05) is 0 Å². The molecule has 0 fully saturated rings. The first kappa shape index (κ1) is 14.2. The van der Waals surface area contributed by atoms with E-state index >= 15 is 0 Å². The molecule has 0 saturated heterocycles. The number of hydrogen-bond donors (Lipinski definition) is 1. The van der Waals surface area contributed by atoms with Crippen LogP contribution in [-0.2, 0) is 11.2 Å². The second-order valence-corrected chi connectivity index (χ2v) is 5.66. The van der Waals surface area contributed by atoms with E-state index in [1.165, 1.54) is 12.1 Å². The maximum absolute atomic E-state index is 12.8. The van der Waals surface area contributed by atoms with E-state index in [2.05, 4.69) is 10.5 Å². The molecule has 0 aliphatic rings. The molecule has 0 aliphatic carbocycles. The third-order valence-electron chi connectivity index (χ3n) is 2.54. The van der Waals surface area contributed by atoms with Gasteiger partial charge < -0.3 is 9.84 Å². The topological polar surface area (TPSA) is 55.1 Å².